The summed E-state index contributed by atoms with van der Waals surface area (Å²) in [5, 5.41) is 21.9. The first-order chi connectivity index (χ1) is 16.7. The molecule has 0 radical (unpaired) electrons. The van der Waals surface area contributed by atoms with Crippen LogP contribution in [0.2, 0.25) is 0 Å². The number of rotatable bonds is 9. The number of aliphatic hydroxyl groups is 1. The summed E-state index contributed by atoms with van der Waals surface area (Å²) in [4.78, 5) is 23.3. The summed E-state index contributed by atoms with van der Waals surface area (Å²) in [6, 6.07) is 15.9. The summed E-state index contributed by atoms with van der Waals surface area (Å²) in [7, 11) is 1.50. The lowest BCUT2D eigenvalue weighted by Crippen LogP contribution is -2.25. The maximum absolute atomic E-state index is 12.3. The summed E-state index contributed by atoms with van der Waals surface area (Å²) in [6.45, 7) is 5.69. The molecule has 1 amide bonds. The molecular formula is C25H29N7O3. The molecule has 0 aliphatic heterocycles. The maximum Gasteiger partial charge on any atom is 0.267 e. The van der Waals surface area contributed by atoms with Crippen LogP contribution in [0.3, 0.4) is 0 Å². The Hall–Kier alpha value is -4.05. The third-order valence-corrected chi connectivity index (χ3v) is 5.72. The third-order valence-electron chi connectivity index (χ3n) is 5.72. The summed E-state index contributed by atoms with van der Waals surface area (Å²) < 4.78 is 1.82. The normalized spacial score (nSPS) is 11.6. The number of hydrogen-bond acceptors (Lipinski definition) is 7. The van der Waals surface area contributed by atoms with E-state index in [-0.39, 0.29) is 5.69 Å². The molecule has 0 aliphatic carbocycles. The molecule has 10 heteroatoms. The number of hydrogen-bond donors (Lipinski definition) is 2. The molecule has 2 aromatic carbocycles. The van der Waals surface area contributed by atoms with E-state index in [0.29, 0.717) is 24.5 Å². The van der Waals surface area contributed by atoms with E-state index in [0.717, 1.165) is 34.5 Å². The number of tetrazole rings is 1. The Morgan fingerprint density at radius 1 is 1.06 bits per heavy atom. The first-order valence-corrected chi connectivity index (χ1v) is 11.4. The zero-order valence-electron chi connectivity index (χ0n) is 20.3. The number of benzene rings is 2. The number of aryl methyl sites for hydroxylation is 1. The van der Waals surface area contributed by atoms with Crippen LogP contribution in [0.5, 0.6) is 0 Å². The van der Waals surface area contributed by atoms with Gasteiger partial charge in [0.2, 0.25) is 5.82 Å². The molecule has 182 valence electrons. The van der Waals surface area contributed by atoms with Gasteiger partial charge in [-0.3, -0.25) is 4.79 Å². The van der Waals surface area contributed by atoms with Crippen LogP contribution in [-0.2, 0) is 18.6 Å². The van der Waals surface area contributed by atoms with E-state index in [1.165, 1.54) is 12.0 Å². The van der Waals surface area contributed by atoms with E-state index in [9.17, 15) is 9.90 Å². The molecule has 0 atom stereocenters. The van der Waals surface area contributed by atoms with Crippen molar-refractivity contribution in [3.05, 3.63) is 71.3 Å². The third kappa shape index (κ3) is 4.92. The van der Waals surface area contributed by atoms with E-state index in [1.54, 1.807) is 13.8 Å². The first-order valence-electron chi connectivity index (χ1n) is 11.4. The second kappa shape index (κ2) is 9.67. The Morgan fingerprint density at radius 3 is 2.20 bits per heavy atom. The van der Waals surface area contributed by atoms with Crippen molar-refractivity contribution in [1.29, 1.82) is 0 Å². The predicted octanol–water partition coefficient (Wildman–Crippen LogP) is 2.59. The quantitative estimate of drug-likeness (QED) is 0.380. The molecule has 35 heavy (non-hydrogen) atoms. The lowest BCUT2D eigenvalue weighted by atomic mass is 10.0. The van der Waals surface area contributed by atoms with Crippen LogP contribution in [0.15, 0.2) is 48.5 Å². The number of aromatic nitrogens is 6. The SMILES string of the molecule is CCCc1nc(C(C)(C)O)c(C(N)=O)n1Cc1ccc(-c2ccc(-c3nnnn3OC)cc2)cc1. The minimum atomic E-state index is -1.28. The Labute approximate surface area is 203 Å². The van der Waals surface area contributed by atoms with Crippen LogP contribution in [0.25, 0.3) is 22.5 Å². The first kappa shape index (κ1) is 24.1. The summed E-state index contributed by atoms with van der Waals surface area (Å²) in [5.41, 5.74) is 8.89. The van der Waals surface area contributed by atoms with Crippen LogP contribution in [-0.4, -0.2) is 48.0 Å². The fraction of sp³-hybridized carbons (Fsp3) is 0.320. The van der Waals surface area contributed by atoms with Gasteiger partial charge in [0.25, 0.3) is 5.91 Å². The zero-order chi connectivity index (χ0) is 25.2. The van der Waals surface area contributed by atoms with Gasteiger partial charge in [-0.2, -0.15) is 0 Å². The van der Waals surface area contributed by atoms with Gasteiger partial charge in [-0.05, 0) is 47.4 Å². The molecule has 3 N–H and O–H groups in total. The van der Waals surface area contributed by atoms with Crippen molar-refractivity contribution >= 4 is 5.91 Å². The molecule has 10 nitrogen and oxygen atoms in total. The van der Waals surface area contributed by atoms with Gasteiger partial charge < -0.3 is 20.2 Å². The topological polar surface area (TPSA) is 134 Å². The highest BCUT2D eigenvalue weighted by Crippen LogP contribution is 2.27. The minimum Gasteiger partial charge on any atom is -0.397 e. The highest BCUT2D eigenvalue weighted by molar-refractivity contribution is 5.92. The van der Waals surface area contributed by atoms with Crippen molar-refractivity contribution in [3.8, 4) is 22.5 Å². The fourth-order valence-corrected chi connectivity index (χ4v) is 4.03. The largest absolute Gasteiger partial charge is 0.397 e. The van der Waals surface area contributed by atoms with E-state index in [2.05, 4.69) is 20.5 Å². The van der Waals surface area contributed by atoms with Crippen LogP contribution < -0.4 is 10.6 Å². The van der Waals surface area contributed by atoms with Gasteiger partial charge in [0.15, 0.2) is 0 Å². The molecule has 0 fully saturated rings. The van der Waals surface area contributed by atoms with Crippen molar-refractivity contribution in [2.24, 2.45) is 5.73 Å². The molecule has 0 aliphatic rings. The zero-order valence-corrected chi connectivity index (χ0v) is 20.3. The summed E-state index contributed by atoms with van der Waals surface area (Å²) in [5.74, 6) is 0.651. The second-order valence-corrected chi connectivity index (χ2v) is 8.82. The minimum absolute atomic E-state index is 0.249. The number of amides is 1. The molecule has 0 saturated heterocycles. The average Bonchev–Trinajstić information content (AvgIpc) is 3.45. The van der Waals surface area contributed by atoms with Crippen molar-refractivity contribution < 1.29 is 14.7 Å². The molecule has 0 spiro atoms. The molecule has 0 bridgehead atoms. The smallest absolute Gasteiger partial charge is 0.267 e. The Morgan fingerprint density at radius 2 is 1.66 bits per heavy atom. The lowest BCUT2D eigenvalue weighted by molar-refractivity contribution is 0.0711. The second-order valence-electron chi connectivity index (χ2n) is 8.82. The van der Waals surface area contributed by atoms with Crippen molar-refractivity contribution in [1.82, 2.24) is 29.9 Å². The van der Waals surface area contributed by atoms with Crippen LogP contribution in [0, 0.1) is 0 Å². The van der Waals surface area contributed by atoms with Gasteiger partial charge in [-0.1, -0.05) is 60.3 Å². The standard InChI is InChI=1S/C25H29N7O3/c1-5-6-20-27-22(25(2,3)34)21(23(26)33)31(20)15-16-7-9-17(10-8-16)18-11-13-19(14-12-18)24-28-29-30-32(24)35-4/h7-14,34H,5-6,15H2,1-4H3,(H2,26,33). The Bertz CT molecular complexity index is 1320. The van der Waals surface area contributed by atoms with Gasteiger partial charge in [0, 0.05) is 18.5 Å². The predicted molar refractivity (Wildman–Crippen MR) is 130 cm³/mol. The summed E-state index contributed by atoms with van der Waals surface area (Å²) in [6.07, 6.45) is 1.53. The van der Waals surface area contributed by atoms with E-state index < -0.39 is 11.5 Å². The number of carbonyl (C=O) groups is 1. The van der Waals surface area contributed by atoms with Crippen molar-refractivity contribution in [3.63, 3.8) is 0 Å². The highest BCUT2D eigenvalue weighted by Gasteiger charge is 2.30. The number of nitrogens with zero attached hydrogens (tertiary/aromatic N) is 6. The lowest BCUT2D eigenvalue weighted by Gasteiger charge is -2.16. The fourth-order valence-electron chi connectivity index (χ4n) is 4.03. The highest BCUT2D eigenvalue weighted by atomic mass is 16.7. The number of carbonyl (C=O) groups excluding carboxylic acids is 1. The molecule has 0 saturated carbocycles. The molecule has 4 aromatic rings. The molecule has 2 heterocycles. The average molecular weight is 476 g/mol. The molecule has 2 aromatic heterocycles. The van der Waals surface area contributed by atoms with Crippen LogP contribution in [0.1, 0.15) is 54.8 Å². The number of imidazole rings is 1. The van der Waals surface area contributed by atoms with E-state index >= 15 is 0 Å². The molecular weight excluding hydrogens is 446 g/mol. The van der Waals surface area contributed by atoms with Crippen LogP contribution in [0.4, 0.5) is 0 Å². The monoisotopic (exact) mass is 475 g/mol. The van der Waals surface area contributed by atoms with Gasteiger partial charge >= 0.3 is 0 Å². The molecule has 0 unspecified atom stereocenters. The number of primary amides is 1. The molecule has 4 rings (SSSR count). The van der Waals surface area contributed by atoms with Gasteiger partial charge in [0.05, 0.1) is 0 Å². The Balaban J connectivity index is 1.60. The van der Waals surface area contributed by atoms with Crippen LogP contribution >= 0.6 is 0 Å². The van der Waals surface area contributed by atoms with Gasteiger partial charge in [0.1, 0.15) is 29.9 Å². The van der Waals surface area contributed by atoms with E-state index in [4.69, 9.17) is 10.6 Å². The maximum atomic E-state index is 12.3. The van der Waals surface area contributed by atoms with Gasteiger partial charge in [-0.15, -0.1) is 5.10 Å². The summed E-state index contributed by atoms with van der Waals surface area (Å²) >= 11 is 0. The van der Waals surface area contributed by atoms with E-state index in [1.807, 2.05) is 60.0 Å². The number of nitrogens with two attached hydrogens (primary N) is 1. The van der Waals surface area contributed by atoms with Crippen molar-refractivity contribution in [2.45, 2.75) is 45.8 Å². The Kier molecular flexibility index (Phi) is 6.65. The van der Waals surface area contributed by atoms with Crippen molar-refractivity contribution in [2.75, 3.05) is 7.11 Å². The van der Waals surface area contributed by atoms with Gasteiger partial charge in [-0.25, -0.2) is 4.98 Å².